The van der Waals surface area contributed by atoms with E-state index in [0.29, 0.717) is 5.82 Å². The van der Waals surface area contributed by atoms with E-state index in [0.717, 1.165) is 55.0 Å². The van der Waals surface area contributed by atoms with Gasteiger partial charge in [-0.25, -0.2) is 4.98 Å². The van der Waals surface area contributed by atoms with Crippen LogP contribution in [0.2, 0.25) is 0 Å². The molecule has 4 rings (SSSR count). The van der Waals surface area contributed by atoms with Gasteiger partial charge in [-0.15, -0.1) is 11.3 Å². The summed E-state index contributed by atoms with van der Waals surface area (Å²) in [6.07, 6.45) is 5.27. The van der Waals surface area contributed by atoms with Crippen molar-refractivity contribution in [1.29, 1.82) is 0 Å². The van der Waals surface area contributed by atoms with Crippen LogP contribution in [0.1, 0.15) is 47.1 Å². The number of carbonyl (C=O) groups excluding carboxylic acids is 2. The first-order valence-corrected chi connectivity index (χ1v) is 9.09. The Hall–Kier alpha value is -2.22. The van der Waals surface area contributed by atoms with Crippen LogP contribution in [0.15, 0.2) is 6.07 Å². The van der Waals surface area contributed by atoms with Crippen LogP contribution in [0.5, 0.6) is 0 Å². The van der Waals surface area contributed by atoms with Crippen molar-refractivity contribution >= 4 is 29.0 Å². The number of aromatic nitrogens is 3. The van der Waals surface area contributed by atoms with Crippen molar-refractivity contribution in [2.24, 2.45) is 0 Å². The number of nitrogens with one attached hydrogen (secondary N) is 2. The minimum absolute atomic E-state index is 0.272. The zero-order valence-electron chi connectivity index (χ0n) is 13.5. The molecule has 0 radical (unpaired) electrons. The normalized spacial score (nSPS) is 16.5. The Balaban J connectivity index is 1.36. The third-order valence-corrected chi connectivity index (χ3v) is 5.78. The van der Waals surface area contributed by atoms with E-state index in [9.17, 15) is 9.59 Å². The van der Waals surface area contributed by atoms with Gasteiger partial charge in [-0.05, 0) is 39.0 Å². The van der Waals surface area contributed by atoms with E-state index in [-0.39, 0.29) is 6.04 Å². The number of rotatable bonds is 3. The Labute approximate surface area is 143 Å². The van der Waals surface area contributed by atoms with Crippen molar-refractivity contribution in [1.82, 2.24) is 20.1 Å². The van der Waals surface area contributed by atoms with Gasteiger partial charge in [0.15, 0.2) is 5.82 Å². The highest BCUT2D eigenvalue weighted by atomic mass is 32.1. The van der Waals surface area contributed by atoms with Gasteiger partial charge in [-0.2, -0.15) is 5.10 Å². The smallest absolute Gasteiger partial charge is 0.314 e. The lowest BCUT2D eigenvalue weighted by Crippen LogP contribution is -2.37. The quantitative estimate of drug-likeness (QED) is 0.827. The fourth-order valence-corrected chi connectivity index (χ4v) is 4.37. The molecule has 2 aromatic rings. The number of amides is 2. The number of hydrogen-bond donors (Lipinski definition) is 2. The van der Waals surface area contributed by atoms with Gasteiger partial charge in [0, 0.05) is 23.2 Å². The molecule has 0 aromatic carbocycles. The summed E-state index contributed by atoms with van der Waals surface area (Å²) in [7, 11) is 0. The maximum absolute atomic E-state index is 12.1. The minimum atomic E-state index is -0.692. The van der Waals surface area contributed by atoms with Gasteiger partial charge < -0.3 is 10.6 Å². The number of aryl methyl sites for hydroxylation is 4. The molecule has 7 nitrogen and oxygen atoms in total. The molecule has 126 valence electrons. The molecule has 2 aromatic heterocycles. The molecular formula is C16H19N5O2S. The first kappa shape index (κ1) is 15.3. The second-order valence-electron chi connectivity index (χ2n) is 6.27. The summed E-state index contributed by atoms with van der Waals surface area (Å²) in [4.78, 5) is 30.0. The van der Waals surface area contributed by atoms with Gasteiger partial charge >= 0.3 is 11.8 Å². The van der Waals surface area contributed by atoms with Crippen molar-refractivity contribution in [3.8, 4) is 0 Å². The molecule has 2 N–H and O–H groups in total. The Morgan fingerprint density at radius 2 is 2.12 bits per heavy atom. The lowest BCUT2D eigenvalue weighted by Gasteiger charge is -2.10. The molecule has 24 heavy (non-hydrogen) atoms. The molecule has 1 aliphatic heterocycles. The summed E-state index contributed by atoms with van der Waals surface area (Å²) in [6.45, 7) is 2.72. The van der Waals surface area contributed by atoms with Gasteiger partial charge in [0.1, 0.15) is 5.01 Å². The van der Waals surface area contributed by atoms with Crippen LogP contribution >= 0.6 is 11.3 Å². The Morgan fingerprint density at radius 1 is 1.25 bits per heavy atom. The van der Waals surface area contributed by atoms with E-state index < -0.39 is 11.8 Å². The standard InChI is InChI=1S/C16H19N5O2S/c1-9(16-18-11-5-2-6-12(11)24-16)17-14(22)15(23)19-13-8-10-4-3-7-21(10)20-13/h8-9H,2-7H2,1H3,(H,17,22)(H,19,20,23). The molecular weight excluding hydrogens is 326 g/mol. The fraction of sp³-hybridized carbons (Fsp3) is 0.500. The SMILES string of the molecule is CC(NC(=O)C(=O)Nc1cc2n(n1)CCC2)c1nc2c(s1)CCC2. The van der Waals surface area contributed by atoms with Crippen LogP contribution in [-0.2, 0) is 35.4 Å². The molecule has 1 aliphatic carbocycles. The largest absolute Gasteiger partial charge is 0.339 e. The molecule has 1 unspecified atom stereocenters. The molecule has 0 saturated carbocycles. The number of carbonyl (C=O) groups is 2. The van der Waals surface area contributed by atoms with E-state index in [1.807, 2.05) is 17.7 Å². The summed E-state index contributed by atoms with van der Waals surface area (Å²) in [6, 6.07) is 1.55. The van der Waals surface area contributed by atoms with E-state index >= 15 is 0 Å². The number of fused-ring (bicyclic) bond motifs is 2. The molecule has 0 spiro atoms. The highest BCUT2D eigenvalue weighted by Crippen LogP contribution is 2.30. The number of thiazole rings is 1. The van der Waals surface area contributed by atoms with Crippen LogP contribution < -0.4 is 10.6 Å². The number of anilines is 1. The van der Waals surface area contributed by atoms with Gasteiger partial charge in [-0.3, -0.25) is 14.3 Å². The topological polar surface area (TPSA) is 88.9 Å². The molecule has 2 aliphatic rings. The summed E-state index contributed by atoms with van der Waals surface area (Å²) >= 11 is 1.63. The molecule has 8 heteroatoms. The molecule has 0 bridgehead atoms. The first-order valence-electron chi connectivity index (χ1n) is 8.27. The molecule has 2 amide bonds. The lowest BCUT2D eigenvalue weighted by atomic mass is 10.3. The van der Waals surface area contributed by atoms with Crippen LogP contribution in [0.4, 0.5) is 5.82 Å². The van der Waals surface area contributed by atoms with Gasteiger partial charge in [-0.1, -0.05) is 0 Å². The minimum Gasteiger partial charge on any atom is -0.339 e. The fourth-order valence-electron chi connectivity index (χ4n) is 3.21. The maximum atomic E-state index is 12.1. The summed E-state index contributed by atoms with van der Waals surface area (Å²) in [5.41, 5.74) is 2.24. The van der Waals surface area contributed by atoms with Gasteiger partial charge in [0.2, 0.25) is 0 Å². The molecule has 1 atom stereocenters. The molecule has 0 fully saturated rings. The van der Waals surface area contributed by atoms with E-state index in [1.54, 1.807) is 11.3 Å². The number of hydrogen-bond acceptors (Lipinski definition) is 5. The third-order valence-electron chi connectivity index (χ3n) is 4.44. The molecule has 0 saturated heterocycles. The first-order chi connectivity index (χ1) is 11.6. The highest BCUT2D eigenvalue weighted by molar-refractivity contribution is 7.11. The van der Waals surface area contributed by atoms with Crippen molar-refractivity contribution in [3.05, 3.63) is 27.3 Å². The Bertz CT molecular complexity index is 766. The van der Waals surface area contributed by atoms with E-state index in [2.05, 4.69) is 20.7 Å². The van der Waals surface area contributed by atoms with E-state index in [1.165, 1.54) is 4.88 Å². The Kier molecular flexibility index (Phi) is 3.84. The van der Waals surface area contributed by atoms with Crippen LogP contribution in [0.3, 0.4) is 0 Å². The average Bonchev–Trinajstić information content (AvgIpc) is 3.25. The zero-order valence-corrected chi connectivity index (χ0v) is 14.3. The second kappa shape index (κ2) is 6.01. The average molecular weight is 345 g/mol. The Morgan fingerprint density at radius 3 is 2.92 bits per heavy atom. The van der Waals surface area contributed by atoms with E-state index in [4.69, 9.17) is 0 Å². The molecule has 3 heterocycles. The van der Waals surface area contributed by atoms with Gasteiger partial charge in [0.25, 0.3) is 0 Å². The maximum Gasteiger partial charge on any atom is 0.314 e. The van der Waals surface area contributed by atoms with Crippen molar-refractivity contribution in [2.75, 3.05) is 5.32 Å². The van der Waals surface area contributed by atoms with Crippen LogP contribution in [-0.4, -0.2) is 26.6 Å². The predicted octanol–water partition coefficient (Wildman–Crippen LogP) is 1.59. The van der Waals surface area contributed by atoms with Crippen molar-refractivity contribution < 1.29 is 9.59 Å². The van der Waals surface area contributed by atoms with Crippen LogP contribution in [0.25, 0.3) is 0 Å². The third kappa shape index (κ3) is 2.82. The lowest BCUT2D eigenvalue weighted by molar-refractivity contribution is -0.136. The van der Waals surface area contributed by atoms with Crippen molar-refractivity contribution in [3.63, 3.8) is 0 Å². The summed E-state index contributed by atoms with van der Waals surface area (Å²) < 4.78 is 1.87. The second-order valence-corrected chi connectivity index (χ2v) is 7.39. The van der Waals surface area contributed by atoms with Crippen LogP contribution in [0, 0.1) is 0 Å². The monoisotopic (exact) mass is 345 g/mol. The summed E-state index contributed by atoms with van der Waals surface area (Å²) in [5.74, 6) is -0.917. The van der Waals surface area contributed by atoms with Crippen molar-refractivity contribution in [2.45, 2.75) is 51.6 Å². The summed E-state index contributed by atoms with van der Waals surface area (Å²) in [5, 5.41) is 10.4. The number of nitrogens with zero attached hydrogens (tertiary/aromatic N) is 3. The zero-order chi connectivity index (χ0) is 16.7. The highest BCUT2D eigenvalue weighted by Gasteiger charge is 2.24. The van der Waals surface area contributed by atoms with Gasteiger partial charge in [0.05, 0.1) is 11.7 Å². The predicted molar refractivity (Wildman–Crippen MR) is 89.9 cm³/mol.